The fourth-order valence-electron chi connectivity index (χ4n) is 3.84. The molecule has 1 fully saturated rings. The van der Waals surface area contributed by atoms with E-state index in [0.717, 1.165) is 36.8 Å². The molecule has 2 heterocycles. The summed E-state index contributed by atoms with van der Waals surface area (Å²) in [5.74, 6) is 0.634. The lowest BCUT2D eigenvalue weighted by atomic mass is 9.82. The molecule has 0 bridgehead atoms. The summed E-state index contributed by atoms with van der Waals surface area (Å²) in [6.07, 6.45) is 9.97. The highest BCUT2D eigenvalue weighted by Crippen LogP contribution is 2.33. The molecule has 0 amide bonds. The van der Waals surface area contributed by atoms with Gasteiger partial charge in [-0.3, -0.25) is 9.48 Å². The van der Waals surface area contributed by atoms with E-state index in [1.54, 1.807) is 10.9 Å². The minimum absolute atomic E-state index is 0.0668. The lowest BCUT2D eigenvalue weighted by Crippen LogP contribution is -2.28. The highest BCUT2D eigenvalue weighted by Gasteiger charge is 2.22. The molecule has 0 atom stereocenters. The molecule has 1 aliphatic carbocycles. The van der Waals surface area contributed by atoms with Gasteiger partial charge in [-0.25, -0.2) is 0 Å². The first kappa shape index (κ1) is 16.6. The number of benzene rings is 1. The Balaban J connectivity index is 1.44. The molecule has 1 aliphatic rings. The van der Waals surface area contributed by atoms with E-state index >= 15 is 0 Å². The van der Waals surface area contributed by atoms with Crippen molar-refractivity contribution in [1.29, 1.82) is 0 Å². The molecule has 5 heteroatoms. The molecule has 2 N–H and O–H groups in total. The number of anilines is 1. The predicted octanol–water partition coefficient (Wildman–Crippen LogP) is 3.91. The van der Waals surface area contributed by atoms with Crippen LogP contribution in [-0.2, 0) is 7.05 Å². The van der Waals surface area contributed by atoms with Gasteiger partial charge in [0.15, 0.2) is 0 Å². The molecule has 26 heavy (non-hydrogen) atoms. The number of aromatic amines is 1. The number of H-pyrrole nitrogens is 1. The second-order valence-corrected chi connectivity index (χ2v) is 7.14. The van der Waals surface area contributed by atoms with E-state index in [1.165, 1.54) is 5.56 Å². The van der Waals surface area contributed by atoms with Gasteiger partial charge in [0.2, 0.25) is 0 Å². The Kier molecular flexibility index (Phi) is 4.61. The van der Waals surface area contributed by atoms with E-state index in [9.17, 15) is 4.79 Å². The summed E-state index contributed by atoms with van der Waals surface area (Å²) >= 11 is 0. The quantitative estimate of drug-likeness (QED) is 0.751. The van der Waals surface area contributed by atoms with Crippen LogP contribution in [0, 0.1) is 0 Å². The maximum Gasteiger partial charge on any atom is 0.271 e. The smallest absolute Gasteiger partial charge is 0.271 e. The standard InChI is InChI=1S/C21H24N4O/c1-25-14-18(13-23-25)17-11-20(21(26)22-12-17)24-19-9-7-16(8-10-19)15-5-3-2-4-6-15/h2-6,11-14,16,19,24H,7-10H2,1H3,(H,22,26)/t16-,19+. The molecular formula is C21H24N4O. The lowest BCUT2D eigenvalue weighted by Gasteiger charge is -2.29. The van der Waals surface area contributed by atoms with Gasteiger partial charge in [-0.1, -0.05) is 30.3 Å². The van der Waals surface area contributed by atoms with Crippen molar-refractivity contribution in [2.75, 3.05) is 5.32 Å². The van der Waals surface area contributed by atoms with Crippen LogP contribution in [0.2, 0.25) is 0 Å². The third-order valence-corrected chi connectivity index (χ3v) is 5.30. The van der Waals surface area contributed by atoms with Crippen LogP contribution < -0.4 is 10.9 Å². The number of hydrogen-bond donors (Lipinski definition) is 2. The van der Waals surface area contributed by atoms with Gasteiger partial charge >= 0.3 is 0 Å². The minimum Gasteiger partial charge on any atom is -0.378 e. The number of nitrogens with zero attached hydrogens (tertiary/aromatic N) is 2. The van der Waals surface area contributed by atoms with Crippen LogP contribution in [0.25, 0.3) is 11.1 Å². The van der Waals surface area contributed by atoms with E-state index in [-0.39, 0.29) is 5.56 Å². The number of pyridine rings is 1. The summed E-state index contributed by atoms with van der Waals surface area (Å²) in [6.45, 7) is 0. The van der Waals surface area contributed by atoms with Crippen molar-refractivity contribution in [2.24, 2.45) is 7.05 Å². The molecule has 2 aromatic heterocycles. The van der Waals surface area contributed by atoms with Gasteiger partial charge in [0, 0.05) is 36.6 Å². The molecule has 5 nitrogen and oxygen atoms in total. The third-order valence-electron chi connectivity index (χ3n) is 5.30. The Hall–Kier alpha value is -2.82. The van der Waals surface area contributed by atoms with Crippen LogP contribution >= 0.6 is 0 Å². The van der Waals surface area contributed by atoms with Crippen LogP contribution in [0.15, 0.2) is 59.8 Å². The minimum atomic E-state index is -0.0668. The monoisotopic (exact) mass is 348 g/mol. The number of hydrogen-bond acceptors (Lipinski definition) is 3. The van der Waals surface area contributed by atoms with Crippen LogP contribution in [0.5, 0.6) is 0 Å². The van der Waals surface area contributed by atoms with Crippen molar-refractivity contribution >= 4 is 5.69 Å². The van der Waals surface area contributed by atoms with Crippen molar-refractivity contribution in [1.82, 2.24) is 14.8 Å². The number of rotatable bonds is 4. The lowest BCUT2D eigenvalue weighted by molar-refractivity contribution is 0.412. The molecular weight excluding hydrogens is 324 g/mol. The van der Waals surface area contributed by atoms with Crippen molar-refractivity contribution in [2.45, 2.75) is 37.6 Å². The van der Waals surface area contributed by atoms with Gasteiger partial charge in [0.05, 0.1) is 6.20 Å². The summed E-state index contributed by atoms with van der Waals surface area (Å²) in [6, 6.07) is 13.0. The first-order valence-corrected chi connectivity index (χ1v) is 9.22. The van der Waals surface area contributed by atoms with Crippen LogP contribution in [0.4, 0.5) is 5.69 Å². The summed E-state index contributed by atoms with van der Waals surface area (Å²) in [5, 5.41) is 7.67. The summed E-state index contributed by atoms with van der Waals surface area (Å²) in [4.78, 5) is 15.1. The Bertz CT molecular complexity index is 920. The molecule has 0 radical (unpaired) electrons. The largest absolute Gasteiger partial charge is 0.378 e. The van der Waals surface area contributed by atoms with E-state index in [1.807, 2.05) is 25.5 Å². The van der Waals surface area contributed by atoms with Crippen molar-refractivity contribution in [3.05, 3.63) is 70.9 Å². The topological polar surface area (TPSA) is 62.7 Å². The molecule has 0 spiro atoms. The van der Waals surface area contributed by atoms with Gasteiger partial charge < -0.3 is 10.3 Å². The number of aromatic nitrogens is 3. The first-order chi connectivity index (χ1) is 12.7. The van der Waals surface area contributed by atoms with E-state index < -0.39 is 0 Å². The highest BCUT2D eigenvalue weighted by molar-refractivity contribution is 5.65. The van der Waals surface area contributed by atoms with E-state index in [2.05, 4.69) is 45.7 Å². The zero-order valence-corrected chi connectivity index (χ0v) is 15.0. The van der Waals surface area contributed by atoms with Gasteiger partial charge in [-0.2, -0.15) is 5.10 Å². The highest BCUT2D eigenvalue weighted by atomic mass is 16.1. The first-order valence-electron chi connectivity index (χ1n) is 9.22. The zero-order valence-electron chi connectivity index (χ0n) is 15.0. The Morgan fingerprint density at radius 2 is 1.88 bits per heavy atom. The van der Waals surface area contributed by atoms with E-state index in [0.29, 0.717) is 17.6 Å². The molecule has 0 aliphatic heterocycles. The summed E-state index contributed by atoms with van der Waals surface area (Å²) in [5.41, 5.74) is 3.98. The Labute approximate surface area is 153 Å². The molecule has 0 saturated heterocycles. The molecule has 1 saturated carbocycles. The van der Waals surface area contributed by atoms with Gasteiger partial charge in [0.1, 0.15) is 5.69 Å². The average Bonchev–Trinajstić information content (AvgIpc) is 3.11. The summed E-state index contributed by atoms with van der Waals surface area (Å²) in [7, 11) is 1.89. The fraction of sp³-hybridized carbons (Fsp3) is 0.333. The fourth-order valence-corrected chi connectivity index (χ4v) is 3.84. The van der Waals surface area contributed by atoms with Gasteiger partial charge in [-0.15, -0.1) is 0 Å². The van der Waals surface area contributed by atoms with E-state index in [4.69, 9.17) is 0 Å². The third kappa shape index (κ3) is 3.57. The van der Waals surface area contributed by atoms with Crippen molar-refractivity contribution in [3.8, 4) is 11.1 Å². The Morgan fingerprint density at radius 3 is 2.58 bits per heavy atom. The summed E-state index contributed by atoms with van der Waals surface area (Å²) < 4.78 is 1.76. The van der Waals surface area contributed by atoms with Crippen molar-refractivity contribution < 1.29 is 0 Å². The van der Waals surface area contributed by atoms with Gasteiger partial charge in [0.25, 0.3) is 5.56 Å². The SMILES string of the molecule is Cn1cc(-c2c[nH]c(=O)c(N[C@H]3CC[C@@H](c4ccccc4)CC3)c2)cn1. The Morgan fingerprint density at radius 1 is 1.12 bits per heavy atom. The molecule has 4 rings (SSSR count). The van der Waals surface area contributed by atoms with Crippen LogP contribution in [0.1, 0.15) is 37.2 Å². The number of nitrogens with one attached hydrogen (secondary N) is 2. The predicted molar refractivity (Wildman–Crippen MR) is 104 cm³/mol. The molecule has 134 valence electrons. The second kappa shape index (κ2) is 7.20. The average molecular weight is 348 g/mol. The zero-order chi connectivity index (χ0) is 17.9. The molecule has 3 aromatic rings. The maximum absolute atomic E-state index is 12.2. The van der Waals surface area contributed by atoms with Crippen LogP contribution in [0.3, 0.4) is 0 Å². The van der Waals surface area contributed by atoms with Crippen LogP contribution in [-0.4, -0.2) is 20.8 Å². The van der Waals surface area contributed by atoms with Crippen molar-refractivity contribution in [3.63, 3.8) is 0 Å². The maximum atomic E-state index is 12.2. The number of aryl methyl sites for hydroxylation is 1. The van der Waals surface area contributed by atoms with Gasteiger partial charge in [-0.05, 0) is 43.2 Å². The molecule has 0 unspecified atom stereocenters. The normalized spacial score (nSPS) is 20.0. The second-order valence-electron chi connectivity index (χ2n) is 7.14. The molecule has 1 aromatic carbocycles.